The number of thiophene rings is 1. The van der Waals surface area contributed by atoms with Crippen LogP contribution in [0.25, 0.3) is 0 Å². The minimum Gasteiger partial charge on any atom is -0.385 e. The molecule has 6 heteroatoms. The van der Waals surface area contributed by atoms with Crippen molar-refractivity contribution in [2.75, 3.05) is 13.1 Å². The molecule has 0 saturated carbocycles. The van der Waals surface area contributed by atoms with Gasteiger partial charge in [0, 0.05) is 18.5 Å². The number of amides is 1. The Balaban J connectivity index is 1.78. The molecule has 1 amide bonds. The molecular formula is C17H17F2NO2S. The SMILES string of the molecule is Cc1cscc1C(=O)N1CCC(O)(c2c(F)cccc2F)CC1. The van der Waals surface area contributed by atoms with Crippen molar-refractivity contribution in [3.05, 3.63) is 57.3 Å². The van der Waals surface area contributed by atoms with Gasteiger partial charge in [-0.1, -0.05) is 6.07 Å². The predicted molar refractivity (Wildman–Crippen MR) is 84.4 cm³/mol. The summed E-state index contributed by atoms with van der Waals surface area (Å²) in [4.78, 5) is 14.1. The fourth-order valence-electron chi connectivity index (χ4n) is 3.02. The molecule has 122 valence electrons. The molecule has 0 bridgehead atoms. The molecule has 0 atom stereocenters. The monoisotopic (exact) mass is 337 g/mol. The zero-order chi connectivity index (χ0) is 16.6. The highest BCUT2D eigenvalue weighted by atomic mass is 32.1. The zero-order valence-corrected chi connectivity index (χ0v) is 13.5. The van der Waals surface area contributed by atoms with Crippen LogP contribution >= 0.6 is 11.3 Å². The number of aliphatic hydroxyl groups is 1. The number of carbonyl (C=O) groups excluding carboxylic acids is 1. The van der Waals surface area contributed by atoms with Gasteiger partial charge < -0.3 is 10.0 Å². The molecule has 3 rings (SSSR count). The molecule has 1 aliphatic rings. The standard InChI is InChI=1S/C17H17F2NO2S/c1-11-9-23-10-12(11)16(21)20-7-5-17(22,6-8-20)15-13(18)3-2-4-14(15)19/h2-4,9-10,22H,5-8H2,1H3. The number of piperidine rings is 1. The minimum atomic E-state index is -1.57. The number of carbonyl (C=O) groups is 1. The van der Waals surface area contributed by atoms with Gasteiger partial charge in [-0.25, -0.2) is 8.78 Å². The Kier molecular flexibility index (Phi) is 4.21. The topological polar surface area (TPSA) is 40.5 Å². The van der Waals surface area contributed by atoms with E-state index >= 15 is 0 Å². The third kappa shape index (κ3) is 2.88. The second-order valence-electron chi connectivity index (χ2n) is 5.89. The highest BCUT2D eigenvalue weighted by Gasteiger charge is 2.39. The molecule has 1 aromatic carbocycles. The van der Waals surface area contributed by atoms with Crippen molar-refractivity contribution in [2.45, 2.75) is 25.4 Å². The predicted octanol–water partition coefficient (Wildman–Crippen LogP) is 3.46. The van der Waals surface area contributed by atoms with Crippen LogP contribution in [-0.2, 0) is 5.60 Å². The summed E-state index contributed by atoms with van der Waals surface area (Å²) in [6.45, 7) is 2.40. The van der Waals surface area contributed by atoms with Crippen molar-refractivity contribution in [1.29, 1.82) is 0 Å². The smallest absolute Gasteiger partial charge is 0.254 e. The van der Waals surface area contributed by atoms with E-state index in [0.717, 1.165) is 17.7 Å². The van der Waals surface area contributed by atoms with Crippen molar-refractivity contribution >= 4 is 17.2 Å². The summed E-state index contributed by atoms with van der Waals surface area (Å²) in [6.07, 6.45) is 0.222. The van der Waals surface area contributed by atoms with E-state index in [0.29, 0.717) is 5.56 Å². The highest BCUT2D eigenvalue weighted by molar-refractivity contribution is 7.08. The third-order valence-electron chi connectivity index (χ3n) is 4.39. The van der Waals surface area contributed by atoms with Crippen LogP contribution in [0.15, 0.2) is 29.0 Å². The Labute approximate surface area is 137 Å². The van der Waals surface area contributed by atoms with Crippen LogP contribution in [0, 0.1) is 18.6 Å². The summed E-state index contributed by atoms with van der Waals surface area (Å²) in [5.41, 5.74) is -0.298. The number of halogens is 2. The Morgan fingerprint density at radius 1 is 1.22 bits per heavy atom. The molecule has 2 aromatic rings. The molecule has 1 aliphatic heterocycles. The van der Waals surface area contributed by atoms with Crippen molar-refractivity contribution in [3.63, 3.8) is 0 Å². The highest BCUT2D eigenvalue weighted by Crippen LogP contribution is 2.36. The van der Waals surface area contributed by atoms with E-state index in [1.165, 1.54) is 17.4 Å². The Morgan fingerprint density at radius 2 is 1.83 bits per heavy atom. The first-order valence-corrected chi connectivity index (χ1v) is 8.35. The number of likely N-dealkylation sites (tertiary alicyclic amines) is 1. The van der Waals surface area contributed by atoms with Crippen LogP contribution < -0.4 is 0 Å². The molecule has 1 fully saturated rings. The Bertz CT molecular complexity index is 716. The number of benzene rings is 1. The maximum absolute atomic E-state index is 13.9. The van der Waals surface area contributed by atoms with Crippen LogP contribution in [0.3, 0.4) is 0 Å². The van der Waals surface area contributed by atoms with E-state index in [1.807, 2.05) is 12.3 Å². The summed E-state index contributed by atoms with van der Waals surface area (Å²) >= 11 is 1.46. The lowest BCUT2D eigenvalue weighted by Crippen LogP contribution is -2.46. The largest absolute Gasteiger partial charge is 0.385 e. The van der Waals surface area contributed by atoms with E-state index in [4.69, 9.17) is 0 Å². The molecule has 1 aromatic heterocycles. The second kappa shape index (κ2) is 6.02. The van der Waals surface area contributed by atoms with Gasteiger partial charge in [-0.15, -0.1) is 0 Å². The van der Waals surface area contributed by atoms with Crippen molar-refractivity contribution in [3.8, 4) is 0 Å². The average molecular weight is 337 g/mol. The van der Waals surface area contributed by atoms with E-state index in [1.54, 1.807) is 10.3 Å². The summed E-state index contributed by atoms with van der Waals surface area (Å²) in [6, 6.07) is 3.56. The molecule has 0 aliphatic carbocycles. The van der Waals surface area contributed by atoms with Gasteiger partial charge in [0.1, 0.15) is 11.6 Å². The number of hydrogen-bond donors (Lipinski definition) is 1. The summed E-state index contributed by atoms with van der Waals surface area (Å²) in [5.74, 6) is -1.60. The normalized spacial score (nSPS) is 17.3. The fourth-order valence-corrected chi connectivity index (χ4v) is 3.84. The summed E-state index contributed by atoms with van der Waals surface area (Å²) in [5, 5.41) is 14.4. The van der Waals surface area contributed by atoms with Gasteiger partial charge in [0.2, 0.25) is 0 Å². The molecule has 2 heterocycles. The van der Waals surface area contributed by atoms with Crippen LogP contribution in [-0.4, -0.2) is 29.0 Å². The first-order valence-electron chi connectivity index (χ1n) is 7.41. The Morgan fingerprint density at radius 3 is 2.35 bits per heavy atom. The molecule has 0 unspecified atom stereocenters. The number of rotatable bonds is 2. The van der Waals surface area contributed by atoms with Gasteiger partial charge in [0.15, 0.2) is 0 Å². The van der Waals surface area contributed by atoms with Crippen molar-refractivity contribution in [2.24, 2.45) is 0 Å². The number of hydrogen-bond acceptors (Lipinski definition) is 3. The van der Waals surface area contributed by atoms with Gasteiger partial charge in [-0.05, 0) is 42.8 Å². The number of nitrogens with zero attached hydrogens (tertiary/aromatic N) is 1. The maximum Gasteiger partial charge on any atom is 0.254 e. The average Bonchev–Trinajstić information content (AvgIpc) is 2.93. The summed E-state index contributed by atoms with van der Waals surface area (Å²) in [7, 11) is 0. The van der Waals surface area contributed by atoms with E-state index in [2.05, 4.69) is 0 Å². The van der Waals surface area contributed by atoms with Gasteiger partial charge in [0.25, 0.3) is 5.91 Å². The fraction of sp³-hybridized carbons (Fsp3) is 0.353. The van der Waals surface area contributed by atoms with Gasteiger partial charge >= 0.3 is 0 Å². The zero-order valence-electron chi connectivity index (χ0n) is 12.7. The summed E-state index contributed by atoms with van der Waals surface area (Å²) < 4.78 is 27.9. The molecule has 3 nitrogen and oxygen atoms in total. The van der Waals surface area contributed by atoms with Gasteiger partial charge in [-0.2, -0.15) is 11.3 Å². The van der Waals surface area contributed by atoms with Gasteiger partial charge in [-0.3, -0.25) is 4.79 Å². The lowest BCUT2D eigenvalue weighted by atomic mass is 9.83. The van der Waals surface area contributed by atoms with Crippen LogP contribution in [0.5, 0.6) is 0 Å². The van der Waals surface area contributed by atoms with E-state index < -0.39 is 17.2 Å². The molecule has 1 N–H and O–H groups in total. The first kappa shape index (κ1) is 16.1. The van der Waals surface area contributed by atoms with Crippen LogP contribution in [0.1, 0.15) is 34.3 Å². The Hall–Kier alpha value is -1.79. The van der Waals surface area contributed by atoms with E-state index in [9.17, 15) is 18.7 Å². The molecular weight excluding hydrogens is 320 g/mol. The van der Waals surface area contributed by atoms with E-state index in [-0.39, 0.29) is 37.4 Å². The van der Waals surface area contributed by atoms with Crippen molar-refractivity contribution < 1.29 is 18.7 Å². The van der Waals surface area contributed by atoms with Crippen LogP contribution in [0.4, 0.5) is 8.78 Å². The van der Waals surface area contributed by atoms with Crippen molar-refractivity contribution in [1.82, 2.24) is 4.90 Å². The molecule has 0 spiro atoms. The minimum absolute atomic E-state index is 0.0974. The molecule has 0 radical (unpaired) electrons. The van der Waals surface area contributed by atoms with Crippen LogP contribution in [0.2, 0.25) is 0 Å². The third-order valence-corrected chi connectivity index (χ3v) is 5.25. The number of aryl methyl sites for hydroxylation is 1. The lowest BCUT2D eigenvalue weighted by Gasteiger charge is -2.38. The lowest BCUT2D eigenvalue weighted by molar-refractivity contribution is -0.0262. The molecule has 1 saturated heterocycles. The first-order chi connectivity index (χ1) is 10.9. The second-order valence-corrected chi connectivity index (χ2v) is 6.63. The molecule has 23 heavy (non-hydrogen) atoms. The maximum atomic E-state index is 13.9. The van der Waals surface area contributed by atoms with Gasteiger partial charge in [0.05, 0.1) is 16.7 Å². The quantitative estimate of drug-likeness (QED) is 0.912.